The Bertz CT molecular complexity index is 601. The lowest BCUT2D eigenvalue weighted by Crippen LogP contribution is -2.31. The summed E-state index contributed by atoms with van der Waals surface area (Å²) in [5, 5.41) is 27.1. The van der Waals surface area contributed by atoms with Crippen molar-refractivity contribution in [2.75, 3.05) is 31.2 Å². The van der Waals surface area contributed by atoms with Crippen molar-refractivity contribution in [2.24, 2.45) is 0 Å². The number of rotatable bonds is 7. The first-order chi connectivity index (χ1) is 10.7. The summed E-state index contributed by atoms with van der Waals surface area (Å²) < 4.78 is 14.2. The molecular weight excluding hydrogens is 289 g/mol. The zero-order valence-electron chi connectivity index (χ0n) is 12.0. The maximum atomic E-state index is 14.2. The predicted molar refractivity (Wildman–Crippen MR) is 79.7 cm³/mol. The largest absolute Gasteiger partial charge is 0.395 e. The summed E-state index contributed by atoms with van der Waals surface area (Å²) in [6.07, 6.45) is 2.95. The number of aliphatic hydroxyl groups excluding tert-OH is 3. The Balaban J connectivity index is 2.28. The summed E-state index contributed by atoms with van der Waals surface area (Å²) >= 11 is 0. The first kappa shape index (κ1) is 16.3. The minimum absolute atomic E-state index is 0.0850. The van der Waals surface area contributed by atoms with E-state index < -0.39 is 5.82 Å². The Morgan fingerprint density at radius 3 is 2.18 bits per heavy atom. The third kappa shape index (κ3) is 3.56. The van der Waals surface area contributed by atoms with Crippen LogP contribution in [0.25, 0.3) is 11.1 Å². The highest BCUT2D eigenvalue weighted by Crippen LogP contribution is 2.24. The van der Waals surface area contributed by atoms with E-state index in [1.807, 2.05) is 0 Å². The smallest absolute Gasteiger partial charge is 0.225 e. The van der Waals surface area contributed by atoms with Crippen molar-refractivity contribution in [2.45, 2.75) is 6.61 Å². The van der Waals surface area contributed by atoms with E-state index in [9.17, 15) is 4.39 Å². The minimum Gasteiger partial charge on any atom is -0.395 e. The van der Waals surface area contributed by atoms with Crippen LogP contribution in [0.2, 0.25) is 0 Å². The molecule has 1 heterocycles. The number of halogens is 1. The number of aliphatic hydroxyl groups is 3. The van der Waals surface area contributed by atoms with Gasteiger partial charge in [0.2, 0.25) is 5.95 Å². The Hall–Kier alpha value is -2.09. The van der Waals surface area contributed by atoms with Crippen LogP contribution in [0.1, 0.15) is 5.56 Å². The van der Waals surface area contributed by atoms with Gasteiger partial charge in [-0.05, 0) is 0 Å². The highest BCUT2D eigenvalue weighted by molar-refractivity contribution is 5.63. The second kappa shape index (κ2) is 7.79. The van der Waals surface area contributed by atoms with Gasteiger partial charge < -0.3 is 20.2 Å². The van der Waals surface area contributed by atoms with Crippen molar-refractivity contribution in [1.29, 1.82) is 0 Å². The maximum absolute atomic E-state index is 14.2. The highest BCUT2D eigenvalue weighted by Gasteiger charge is 2.12. The second-order valence-electron chi connectivity index (χ2n) is 4.64. The van der Waals surface area contributed by atoms with Gasteiger partial charge in [-0.2, -0.15) is 0 Å². The van der Waals surface area contributed by atoms with Gasteiger partial charge in [0, 0.05) is 42.2 Å². The number of hydrogen-bond acceptors (Lipinski definition) is 6. The molecular formula is C15H18FN3O3. The lowest BCUT2D eigenvalue weighted by Gasteiger charge is -2.20. The van der Waals surface area contributed by atoms with Gasteiger partial charge in [0.1, 0.15) is 5.82 Å². The number of nitrogens with zero attached hydrogens (tertiary/aromatic N) is 3. The normalized spacial score (nSPS) is 10.7. The average Bonchev–Trinajstić information content (AvgIpc) is 2.55. The number of benzene rings is 1. The molecule has 7 heteroatoms. The highest BCUT2D eigenvalue weighted by atomic mass is 19.1. The molecule has 1 aromatic carbocycles. The van der Waals surface area contributed by atoms with Crippen LogP contribution < -0.4 is 4.90 Å². The molecule has 0 saturated heterocycles. The average molecular weight is 307 g/mol. The molecule has 3 N–H and O–H groups in total. The Kier molecular flexibility index (Phi) is 5.76. The molecule has 1 aromatic heterocycles. The molecule has 6 nitrogen and oxygen atoms in total. The first-order valence-corrected chi connectivity index (χ1v) is 6.88. The maximum Gasteiger partial charge on any atom is 0.225 e. The third-order valence-corrected chi connectivity index (χ3v) is 3.22. The van der Waals surface area contributed by atoms with Crippen molar-refractivity contribution in [1.82, 2.24) is 9.97 Å². The van der Waals surface area contributed by atoms with Gasteiger partial charge in [0.05, 0.1) is 19.8 Å². The summed E-state index contributed by atoms with van der Waals surface area (Å²) in [4.78, 5) is 9.93. The summed E-state index contributed by atoms with van der Waals surface area (Å²) in [6, 6.07) is 4.76. The molecule has 0 fully saturated rings. The van der Waals surface area contributed by atoms with E-state index in [2.05, 4.69) is 9.97 Å². The van der Waals surface area contributed by atoms with E-state index in [0.29, 0.717) is 30.2 Å². The van der Waals surface area contributed by atoms with Gasteiger partial charge in [0.25, 0.3) is 0 Å². The molecule has 2 rings (SSSR count). The van der Waals surface area contributed by atoms with E-state index in [1.54, 1.807) is 17.0 Å². The second-order valence-corrected chi connectivity index (χ2v) is 4.64. The van der Waals surface area contributed by atoms with E-state index >= 15 is 0 Å². The molecule has 0 aliphatic rings. The summed E-state index contributed by atoms with van der Waals surface area (Å²) in [5.74, 6) is -0.144. The number of aromatic nitrogens is 2. The van der Waals surface area contributed by atoms with Gasteiger partial charge in [-0.1, -0.05) is 18.2 Å². The van der Waals surface area contributed by atoms with Crippen LogP contribution in [-0.4, -0.2) is 51.6 Å². The van der Waals surface area contributed by atoms with Gasteiger partial charge in [-0.15, -0.1) is 0 Å². The molecule has 0 spiro atoms. The lowest BCUT2D eigenvalue weighted by atomic mass is 10.1. The van der Waals surface area contributed by atoms with Crippen LogP contribution >= 0.6 is 0 Å². The van der Waals surface area contributed by atoms with Crippen LogP contribution in [0.15, 0.2) is 30.6 Å². The molecule has 0 atom stereocenters. The van der Waals surface area contributed by atoms with E-state index in [1.165, 1.54) is 18.5 Å². The molecule has 0 unspecified atom stereocenters. The predicted octanol–water partition coefficient (Wildman–Crippen LogP) is 0.566. The Morgan fingerprint density at radius 2 is 1.64 bits per heavy atom. The number of anilines is 1. The van der Waals surface area contributed by atoms with Crippen molar-refractivity contribution in [3.05, 3.63) is 42.0 Å². The fourth-order valence-electron chi connectivity index (χ4n) is 2.10. The monoisotopic (exact) mass is 307 g/mol. The lowest BCUT2D eigenvalue weighted by molar-refractivity contribution is 0.276. The van der Waals surface area contributed by atoms with Crippen molar-refractivity contribution >= 4 is 5.95 Å². The standard InChI is InChI=1S/C15H18FN3O3/c16-14-11(10-22)2-1-3-13(14)12-8-17-15(18-9-12)19(4-6-20)5-7-21/h1-3,8-9,20-22H,4-7,10H2. The summed E-state index contributed by atoms with van der Waals surface area (Å²) in [5.41, 5.74) is 1.02. The van der Waals surface area contributed by atoms with E-state index in [0.717, 1.165) is 0 Å². The molecule has 2 aromatic rings. The first-order valence-electron chi connectivity index (χ1n) is 6.88. The molecule has 118 valence electrons. The van der Waals surface area contributed by atoms with Gasteiger partial charge >= 0.3 is 0 Å². The number of hydrogen-bond donors (Lipinski definition) is 3. The Morgan fingerprint density at radius 1 is 1.00 bits per heavy atom. The summed E-state index contributed by atoms with van der Waals surface area (Å²) in [7, 11) is 0. The Labute approximate surface area is 127 Å². The molecule has 0 amide bonds. The molecule has 0 saturated carbocycles. The minimum atomic E-state index is -0.496. The van der Waals surface area contributed by atoms with E-state index in [-0.39, 0.29) is 25.4 Å². The quantitative estimate of drug-likeness (QED) is 0.693. The molecule has 0 aliphatic heterocycles. The van der Waals surface area contributed by atoms with Crippen molar-refractivity contribution < 1.29 is 19.7 Å². The van der Waals surface area contributed by atoms with Gasteiger partial charge in [0.15, 0.2) is 0 Å². The fourth-order valence-corrected chi connectivity index (χ4v) is 2.10. The van der Waals surface area contributed by atoms with Crippen LogP contribution in [-0.2, 0) is 6.61 Å². The van der Waals surface area contributed by atoms with E-state index in [4.69, 9.17) is 15.3 Å². The SMILES string of the molecule is OCCN(CCO)c1ncc(-c2cccc(CO)c2F)cn1. The van der Waals surface area contributed by atoms with Gasteiger partial charge in [-0.25, -0.2) is 14.4 Å². The fraction of sp³-hybridized carbons (Fsp3) is 0.333. The van der Waals surface area contributed by atoms with Crippen LogP contribution in [0, 0.1) is 5.82 Å². The third-order valence-electron chi connectivity index (χ3n) is 3.22. The van der Waals surface area contributed by atoms with Crippen LogP contribution in [0.5, 0.6) is 0 Å². The van der Waals surface area contributed by atoms with Gasteiger partial charge in [-0.3, -0.25) is 0 Å². The molecule has 0 radical (unpaired) electrons. The summed E-state index contributed by atoms with van der Waals surface area (Å²) in [6.45, 7) is 0.0541. The van der Waals surface area contributed by atoms with Crippen molar-refractivity contribution in [3.8, 4) is 11.1 Å². The topological polar surface area (TPSA) is 89.7 Å². The zero-order chi connectivity index (χ0) is 15.9. The molecule has 22 heavy (non-hydrogen) atoms. The molecule has 0 bridgehead atoms. The molecule has 0 aliphatic carbocycles. The van der Waals surface area contributed by atoms with Crippen LogP contribution in [0.4, 0.5) is 10.3 Å². The zero-order valence-corrected chi connectivity index (χ0v) is 12.0. The van der Waals surface area contributed by atoms with Crippen LogP contribution in [0.3, 0.4) is 0 Å². The van der Waals surface area contributed by atoms with Crippen molar-refractivity contribution in [3.63, 3.8) is 0 Å².